The summed E-state index contributed by atoms with van der Waals surface area (Å²) in [6, 6.07) is 17.1. The number of rotatable bonds is 5. The van der Waals surface area contributed by atoms with Crippen LogP contribution >= 0.6 is 27.5 Å². The first-order chi connectivity index (χ1) is 16.2. The largest absolute Gasteiger partial charge is 0.377 e. The highest BCUT2D eigenvalue weighted by molar-refractivity contribution is 9.10. The third kappa shape index (κ3) is 4.89. The van der Waals surface area contributed by atoms with Crippen molar-refractivity contribution < 1.29 is 27.0 Å². The predicted molar refractivity (Wildman–Crippen MR) is 129 cm³/mol. The lowest BCUT2D eigenvalue weighted by molar-refractivity contribution is -0.122. The summed E-state index contributed by atoms with van der Waals surface area (Å²) in [5.74, 6) is -1.82. The molecule has 0 aromatic heterocycles. The number of urea groups is 1. The van der Waals surface area contributed by atoms with Gasteiger partial charge in [0.1, 0.15) is 10.5 Å². The van der Waals surface area contributed by atoms with Gasteiger partial charge in [0.05, 0.1) is 10.7 Å². The van der Waals surface area contributed by atoms with Crippen molar-refractivity contribution in [2.45, 2.75) is 4.90 Å². The molecule has 0 unspecified atom stereocenters. The van der Waals surface area contributed by atoms with E-state index in [0.29, 0.717) is 5.56 Å². The molecule has 1 saturated heterocycles. The second-order valence-electron chi connectivity index (χ2n) is 6.97. The van der Waals surface area contributed by atoms with Gasteiger partial charge in [0, 0.05) is 4.47 Å². The van der Waals surface area contributed by atoms with Crippen LogP contribution in [0.2, 0.25) is 5.02 Å². The number of nitrogens with one attached hydrogen (secondary N) is 1. The minimum atomic E-state index is -4.11. The number of amides is 4. The van der Waals surface area contributed by atoms with Crippen LogP contribution in [0.25, 0.3) is 6.08 Å². The smallest absolute Gasteiger partial charge is 0.339 e. The van der Waals surface area contributed by atoms with E-state index in [2.05, 4.69) is 21.2 Å². The van der Waals surface area contributed by atoms with Gasteiger partial charge < -0.3 is 4.18 Å². The number of hydrogen-bond donors (Lipinski definition) is 1. The Labute approximate surface area is 208 Å². The molecule has 1 N–H and O–H groups in total. The maximum atomic E-state index is 13.0. The number of nitrogens with zero attached hydrogens (tertiary/aromatic N) is 1. The molecule has 0 atom stereocenters. The van der Waals surface area contributed by atoms with Gasteiger partial charge in [-0.3, -0.25) is 14.9 Å². The summed E-state index contributed by atoms with van der Waals surface area (Å²) in [6.45, 7) is 0. The number of anilines is 1. The molecule has 0 aliphatic carbocycles. The molecule has 1 fully saturated rings. The van der Waals surface area contributed by atoms with Crippen LogP contribution in [-0.4, -0.2) is 26.3 Å². The Bertz CT molecular complexity index is 1440. The van der Waals surface area contributed by atoms with E-state index < -0.39 is 28.0 Å². The van der Waals surface area contributed by atoms with Crippen molar-refractivity contribution in [1.29, 1.82) is 0 Å². The van der Waals surface area contributed by atoms with E-state index in [1.54, 1.807) is 42.5 Å². The third-order valence-corrected chi connectivity index (χ3v) is 6.76. The average Bonchev–Trinajstić information content (AvgIpc) is 2.80. The molecule has 1 heterocycles. The van der Waals surface area contributed by atoms with Crippen LogP contribution in [-0.2, 0) is 19.7 Å². The number of halogens is 2. The minimum absolute atomic E-state index is 0.0422. The van der Waals surface area contributed by atoms with Crippen molar-refractivity contribution in [3.05, 3.63) is 93.4 Å². The highest BCUT2D eigenvalue weighted by atomic mass is 79.9. The molecule has 3 aromatic rings. The number of benzene rings is 3. The molecule has 3 aromatic carbocycles. The van der Waals surface area contributed by atoms with Crippen LogP contribution in [0.1, 0.15) is 5.56 Å². The van der Waals surface area contributed by atoms with E-state index in [4.69, 9.17) is 15.8 Å². The number of carbonyl (C=O) groups is 3. The summed E-state index contributed by atoms with van der Waals surface area (Å²) in [7, 11) is -4.11. The Morgan fingerprint density at radius 2 is 1.62 bits per heavy atom. The summed E-state index contributed by atoms with van der Waals surface area (Å²) in [6.07, 6.45) is 1.25. The summed E-state index contributed by atoms with van der Waals surface area (Å²) < 4.78 is 30.7. The van der Waals surface area contributed by atoms with Crippen LogP contribution < -0.4 is 14.4 Å². The first kappa shape index (κ1) is 23.7. The zero-order valence-electron chi connectivity index (χ0n) is 17.1. The summed E-state index contributed by atoms with van der Waals surface area (Å²) in [4.78, 5) is 38.4. The molecular weight excluding hydrogens is 548 g/mol. The number of barbiturate groups is 1. The van der Waals surface area contributed by atoms with E-state index >= 15 is 0 Å². The van der Waals surface area contributed by atoms with Gasteiger partial charge in [-0.1, -0.05) is 51.8 Å². The van der Waals surface area contributed by atoms with E-state index in [9.17, 15) is 22.8 Å². The van der Waals surface area contributed by atoms with Gasteiger partial charge in [0.15, 0.2) is 5.75 Å². The van der Waals surface area contributed by atoms with E-state index in [1.165, 1.54) is 36.4 Å². The molecule has 0 radical (unpaired) electrons. The average molecular weight is 562 g/mol. The minimum Gasteiger partial charge on any atom is -0.377 e. The maximum absolute atomic E-state index is 13.0. The molecule has 34 heavy (non-hydrogen) atoms. The number of imide groups is 2. The lowest BCUT2D eigenvalue weighted by Crippen LogP contribution is -2.54. The fourth-order valence-corrected chi connectivity index (χ4v) is 4.58. The van der Waals surface area contributed by atoms with Crippen LogP contribution in [0, 0.1) is 0 Å². The van der Waals surface area contributed by atoms with Gasteiger partial charge in [-0.15, -0.1) is 0 Å². The van der Waals surface area contributed by atoms with Gasteiger partial charge in [-0.05, 0) is 60.2 Å². The molecular formula is C23H14BrClN2O6S. The lowest BCUT2D eigenvalue weighted by atomic mass is 10.1. The summed E-state index contributed by atoms with van der Waals surface area (Å²) in [5, 5.41) is 2.07. The first-order valence-electron chi connectivity index (χ1n) is 9.62. The first-order valence-corrected chi connectivity index (χ1v) is 12.2. The Morgan fingerprint density at radius 1 is 0.941 bits per heavy atom. The molecule has 0 bridgehead atoms. The third-order valence-electron chi connectivity index (χ3n) is 4.68. The summed E-state index contributed by atoms with van der Waals surface area (Å²) >= 11 is 9.48. The SMILES string of the molecule is O=C1NC(=O)N(c2ccc(Br)cc2)C(=O)/C1=C/c1ccc(OS(=O)(=O)c2ccccc2)c(Cl)c1. The molecule has 11 heteroatoms. The van der Waals surface area contributed by atoms with Gasteiger partial charge in [0.2, 0.25) is 0 Å². The van der Waals surface area contributed by atoms with Crippen LogP contribution in [0.3, 0.4) is 0 Å². The second kappa shape index (κ2) is 9.41. The Kier molecular flexibility index (Phi) is 6.56. The van der Waals surface area contributed by atoms with Crippen molar-refractivity contribution in [3.8, 4) is 5.75 Å². The van der Waals surface area contributed by atoms with Gasteiger partial charge in [0.25, 0.3) is 11.8 Å². The van der Waals surface area contributed by atoms with E-state index in [1.807, 2.05) is 0 Å². The van der Waals surface area contributed by atoms with Gasteiger partial charge in [-0.25, -0.2) is 9.69 Å². The van der Waals surface area contributed by atoms with Gasteiger partial charge >= 0.3 is 16.1 Å². The number of hydrogen-bond acceptors (Lipinski definition) is 6. The molecule has 1 aliphatic heterocycles. The normalized spacial score (nSPS) is 15.4. The molecule has 1 aliphatic rings. The monoisotopic (exact) mass is 560 g/mol. The standard InChI is InChI=1S/C23H14BrClN2O6S/c24-15-7-9-16(10-8-15)27-22(29)18(21(28)26-23(27)30)12-14-6-11-20(19(25)13-14)33-34(31,32)17-4-2-1-3-5-17/h1-13H,(H,26,28,30)/b18-12+. The van der Waals surface area contributed by atoms with E-state index in [-0.39, 0.29) is 26.9 Å². The topological polar surface area (TPSA) is 110 Å². The lowest BCUT2D eigenvalue weighted by Gasteiger charge is -2.26. The van der Waals surface area contributed by atoms with Crippen molar-refractivity contribution in [1.82, 2.24) is 5.32 Å². The van der Waals surface area contributed by atoms with Crippen molar-refractivity contribution in [2.24, 2.45) is 0 Å². The Balaban J connectivity index is 1.62. The van der Waals surface area contributed by atoms with Crippen molar-refractivity contribution in [2.75, 3.05) is 4.90 Å². The van der Waals surface area contributed by atoms with Crippen LogP contribution in [0.4, 0.5) is 10.5 Å². The molecule has 4 amide bonds. The van der Waals surface area contributed by atoms with Crippen molar-refractivity contribution >= 4 is 67.3 Å². The fourth-order valence-electron chi connectivity index (χ4n) is 3.08. The predicted octanol–water partition coefficient (Wildman–Crippen LogP) is 4.54. The fraction of sp³-hybridized carbons (Fsp3) is 0. The molecule has 0 saturated carbocycles. The number of carbonyl (C=O) groups excluding carboxylic acids is 3. The molecule has 8 nitrogen and oxygen atoms in total. The zero-order valence-corrected chi connectivity index (χ0v) is 20.2. The Hall–Kier alpha value is -3.47. The Morgan fingerprint density at radius 3 is 2.26 bits per heavy atom. The second-order valence-corrected chi connectivity index (χ2v) is 9.84. The molecule has 172 valence electrons. The van der Waals surface area contributed by atoms with Gasteiger partial charge in [-0.2, -0.15) is 8.42 Å². The molecule has 4 rings (SSSR count). The summed E-state index contributed by atoms with van der Waals surface area (Å²) in [5.41, 5.74) is 0.291. The zero-order chi connectivity index (χ0) is 24.5. The highest BCUT2D eigenvalue weighted by Crippen LogP contribution is 2.30. The molecule has 0 spiro atoms. The quantitative estimate of drug-likeness (QED) is 0.278. The van der Waals surface area contributed by atoms with E-state index in [0.717, 1.165) is 9.37 Å². The highest BCUT2D eigenvalue weighted by Gasteiger charge is 2.36. The van der Waals surface area contributed by atoms with Crippen LogP contribution in [0.5, 0.6) is 5.75 Å². The van der Waals surface area contributed by atoms with Crippen molar-refractivity contribution in [3.63, 3.8) is 0 Å². The van der Waals surface area contributed by atoms with Crippen LogP contribution in [0.15, 0.2) is 87.7 Å². The maximum Gasteiger partial charge on any atom is 0.339 e.